The lowest BCUT2D eigenvalue weighted by Crippen LogP contribution is -2.15. The van der Waals surface area contributed by atoms with Crippen molar-refractivity contribution in [1.82, 2.24) is 4.98 Å². The summed E-state index contributed by atoms with van der Waals surface area (Å²) in [5, 5.41) is 0. The van der Waals surface area contributed by atoms with Crippen LogP contribution in [0.5, 0.6) is 0 Å². The van der Waals surface area contributed by atoms with Crippen LogP contribution in [0.4, 0.5) is 0 Å². The van der Waals surface area contributed by atoms with Gasteiger partial charge in [0.2, 0.25) is 0 Å². The number of benzene rings is 1. The summed E-state index contributed by atoms with van der Waals surface area (Å²) in [5.74, 6) is 0.0304. The number of hydrogen-bond acceptors (Lipinski definition) is 3. The van der Waals surface area contributed by atoms with Gasteiger partial charge in [-0.2, -0.15) is 0 Å². The van der Waals surface area contributed by atoms with Gasteiger partial charge in [-0.25, -0.2) is 0 Å². The van der Waals surface area contributed by atoms with E-state index in [4.69, 9.17) is 0 Å². The smallest absolute Gasteiger partial charge is 0.188 e. The van der Waals surface area contributed by atoms with Gasteiger partial charge >= 0.3 is 0 Å². The number of rotatable bonds is 7. The van der Waals surface area contributed by atoms with E-state index in [2.05, 4.69) is 31.0 Å². The van der Waals surface area contributed by atoms with Crippen molar-refractivity contribution in [3.63, 3.8) is 0 Å². The van der Waals surface area contributed by atoms with E-state index in [0.717, 1.165) is 12.0 Å². The molecule has 2 aromatic rings. The topological polar surface area (TPSA) is 47.0 Å². The summed E-state index contributed by atoms with van der Waals surface area (Å²) in [5.41, 5.74) is 2.57. The normalized spacial score (nSPS) is 12.2. The maximum absolute atomic E-state index is 12.3. The van der Waals surface area contributed by atoms with Crippen molar-refractivity contribution in [2.75, 3.05) is 0 Å². The monoisotopic (exact) mass is 309 g/mol. The van der Waals surface area contributed by atoms with Gasteiger partial charge in [-0.15, -0.1) is 0 Å². The number of nitrogens with zero attached hydrogens (tertiary/aromatic N) is 1. The molecule has 0 bridgehead atoms. The Labute approximate surface area is 137 Å². The summed E-state index contributed by atoms with van der Waals surface area (Å²) in [4.78, 5) is 28.4. The van der Waals surface area contributed by atoms with Crippen molar-refractivity contribution in [2.45, 2.75) is 39.5 Å². The summed E-state index contributed by atoms with van der Waals surface area (Å²) < 4.78 is 0. The predicted octanol–water partition coefficient (Wildman–Crippen LogP) is 4.23. The summed E-state index contributed by atoms with van der Waals surface area (Å²) >= 11 is 0. The van der Waals surface area contributed by atoms with Crippen LogP contribution in [-0.4, -0.2) is 16.6 Å². The number of carbonyl (C=O) groups excluding carboxylic acids is 2. The van der Waals surface area contributed by atoms with Gasteiger partial charge in [-0.05, 0) is 35.6 Å². The minimum absolute atomic E-state index is 0.0720. The first-order valence-electron chi connectivity index (χ1n) is 8.03. The highest BCUT2D eigenvalue weighted by Crippen LogP contribution is 2.20. The largest absolute Gasteiger partial charge is 0.299 e. The maximum atomic E-state index is 12.3. The van der Waals surface area contributed by atoms with E-state index in [9.17, 15) is 9.59 Å². The van der Waals surface area contributed by atoms with Gasteiger partial charge in [0.1, 0.15) is 11.5 Å². The predicted molar refractivity (Wildman–Crippen MR) is 91.6 cm³/mol. The molecule has 1 atom stereocenters. The zero-order valence-corrected chi connectivity index (χ0v) is 14.0. The number of pyridine rings is 1. The fourth-order valence-corrected chi connectivity index (χ4v) is 2.53. The standard InChI is InChI=1S/C20H23NO2/c1-14(2)12-16-7-9-17(10-8-16)15(3)19(22)13-20(23)18-6-4-5-11-21-18/h4-11,14-15H,12-13H2,1-3H3/t15-/m1/s1. The summed E-state index contributed by atoms with van der Waals surface area (Å²) in [7, 11) is 0. The number of hydrogen-bond donors (Lipinski definition) is 0. The van der Waals surface area contributed by atoms with Crippen LogP contribution in [-0.2, 0) is 11.2 Å². The zero-order chi connectivity index (χ0) is 16.8. The number of ketones is 2. The lowest BCUT2D eigenvalue weighted by Gasteiger charge is -2.12. The molecular formula is C20H23NO2. The van der Waals surface area contributed by atoms with E-state index in [0.29, 0.717) is 11.6 Å². The van der Waals surface area contributed by atoms with Crippen LogP contribution < -0.4 is 0 Å². The summed E-state index contributed by atoms with van der Waals surface area (Å²) in [6.07, 6.45) is 2.49. The molecule has 0 spiro atoms. The van der Waals surface area contributed by atoms with Gasteiger partial charge in [0.05, 0.1) is 6.42 Å². The second-order valence-electron chi connectivity index (χ2n) is 6.34. The highest BCUT2D eigenvalue weighted by atomic mass is 16.1. The Morgan fingerprint density at radius 2 is 1.70 bits per heavy atom. The molecule has 0 saturated heterocycles. The molecule has 1 heterocycles. The Morgan fingerprint density at radius 1 is 1.00 bits per heavy atom. The fourth-order valence-electron chi connectivity index (χ4n) is 2.53. The molecule has 23 heavy (non-hydrogen) atoms. The van der Waals surface area contributed by atoms with E-state index in [1.165, 1.54) is 5.56 Å². The molecule has 2 rings (SSSR count). The van der Waals surface area contributed by atoms with Gasteiger partial charge in [-0.3, -0.25) is 14.6 Å². The molecule has 1 aromatic carbocycles. The third-order valence-corrected chi connectivity index (χ3v) is 3.89. The second kappa shape index (κ2) is 7.82. The molecular weight excluding hydrogens is 286 g/mol. The Hall–Kier alpha value is -2.29. The highest BCUT2D eigenvalue weighted by Gasteiger charge is 2.20. The van der Waals surface area contributed by atoms with E-state index in [-0.39, 0.29) is 23.9 Å². The highest BCUT2D eigenvalue weighted by molar-refractivity contribution is 6.08. The van der Waals surface area contributed by atoms with Crippen molar-refractivity contribution in [1.29, 1.82) is 0 Å². The zero-order valence-electron chi connectivity index (χ0n) is 14.0. The lowest BCUT2D eigenvalue weighted by molar-refractivity contribution is -0.119. The van der Waals surface area contributed by atoms with Gasteiger partial charge in [0.25, 0.3) is 0 Å². The molecule has 0 N–H and O–H groups in total. The van der Waals surface area contributed by atoms with E-state index in [1.54, 1.807) is 24.4 Å². The van der Waals surface area contributed by atoms with Crippen LogP contribution in [0.25, 0.3) is 0 Å². The van der Waals surface area contributed by atoms with Crippen LogP contribution in [0.3, 0.4) is 0 Å². The van der Waals surface area contributed by atoms with Crippen molar-refractivity contribution in [3.8, 4) is 0 Å². The summed E-state index contributed by atoms with van der Waals surface area (Å²) in [6, 6.07) is 13.3. The molecule has 120 valence electrons. The van der Waals surface area contributed by atoms with Gasteiger partial charge in [0.15, 0.2) is 5.78 Å². The van der Waals surface area contributed by atoms with Crippen molar-refractivity contribution in [3.05, 3.63) is 65.5 Å². The Kier molecular flexibility index (Phi) is 5.80. The van der Waals surface area contributed by atoms with Crippen LogP contribution in [0.15, 0.2) is 48.7 Å². The van der Waals surface area contributed by atoms with Crippen LogP contribution in [0.1, 0.15) is 54.7 Å². The summed E-state index contributed by atoms with van der Waals surface area (Å²) in [6.45, 7) is 6.22. The molecule has 0 radical (unpaired) electrons. The minimum atomic E-state index is -0.282. The number of aromatic nitrogens is 1. The Bertz CT molecular complexity index is 660. The Balaban J connectivity index is 2.00. The molecule has 3 heteroatoms. The molecule has 0 fully saturated rings. The average molecular weight is 309 g/mol. The van der Waals surface area contributed by atoms with Gasteiger partial charge < -0.3 is 0 Å². The molecule has 0 aliphatic heterocycles. The molecule has 0 aliphatic rings. The molecule has 1 aromatic heterocycles. The third-order valence-electron chi connectivity index (χ3n) is 3.89. The van der Waals surface area contributed by atoms with E-state index < -0.39 is 0 Å². The van der Waals surface area contributed by atoms with Crippen molar-refractivity contribution in [2.24, 2.45) is 5.92 Å². The first kappa shape index (κ1) is 17.1. The first-order chi connectivity index (χ1) is 11.0. The van der Waals surface area contributed by atoms with Gasteiger partial charge in [-0.1, -0.05) is 51.1 Å². The van der Waals surface area contributed by atoms with Gasteiger partial charge in [0, 0.05) is 12.1 Å². The van der Waals surface area contributed by atoms with E-state index >= 15 is 0 Å². The maximum Gasteiger partial charge on any atom is 0.188 e. The van der Waals surface area contributed by atoms with E-state index in [1.807, 2.05) is 19.1 Å². The van der Waals surface area contributed by atoms with Crippen molar-refractivity contribution >= 4 is 11.6 Å². The molecule has 0 amide bonds. The van der Waals surface area contributed by atoms with Crippen molar-refractivity contribution < 1.29 is 9.59 Å². The lowest BCUT2D eigenvalue weighted by atomic mass is 9.91. The SMILES string of the molecule is CC(C)Cc1ccc([C@@H](C)C(=O)CC(=O)c2ccccn2)cc1. The minimum Gasteiger partial charge on any atom is -0.299 e. The Morgan fingerprint density at radius 3 is 2.26 bits per heavy atom. The molecule has 0 unspecified atom stereocenters. The molecule has 3 nitrogen and oxygen atoms in total. The number of Topliss-reactive ketones (excluding diaryl/α,β-unsaturated/α-hetero) is 2. The third kappa shape index (κ3) is 4.85. The average Bonchev–Trinajstić information content (AvgIpc) is 2.55. The van der Waals surface area contributed by atoms with Crippen LogP contribution in [0.2, 0.25) is 0 Å². The molecule has 0 saturated carbocycles. The van der Waals surface area contributed by atoms with Crippen LogP contribution >= 0.6 is 0 Å². The second-order valence-corrected chi connectivity index (χ2v) is 6.34. The fraction of sp³-hybridized carbons (Fsp3) is 0.350. The first-order valence-corrected chi connectivity index (χ1v) is 8.03. The number of carbonyl (C=O) groups is 2. The quantitative estimate of drug-likeness (QED) is 0.568. The van der Waals surface area contributed by atoms with Crippen LogP contribution in [0, 0.1) is 5.92 Å². The molecule has 0 aliphatic carbocycles.